The van der Waals surface area contributed by atoms with Gasteiger partial charge in [0, 0.05) is 49.8 Å². The minimum atomic E-state index is -0.611. The van der Waals surface area contributed by atoms with E-state index >= 15 is 0 Å². The van der Waals surface area contributed by atoms with Crippen LogP contribution < -0.4 is 24.8 Å². The number of hydrogen-bond donors (Lipinski definition) is 3. The van der Waals surface area contributed by atoms with Crippen molar-refractivity contribution in [1.82, 2.24) is 20.2 Å². The number of carbonyl (C=O) groups excluding carboxylic acids is 1. The van der Waals surface area contributed by atoms with Gasteiger partial charge in [-0.05, 0) is 50.2 Å². The van der Waals surface area contributed by atoms with Gasteiger partial charge >= 0.3 is 0 Å². The molecular weight excluding hydrogens is 498 g/mol. The van der Waals surface area contributed by atoms with Crippen molar-refractivity contribution in [3.63, 3.8) is 0 Å². The highest BCUT2D eigenvalue weighted by Crippen LogP contribution is 2.35. The second kappa shape index (κ2) is 12.8. The van der Waals surface area contributed by atoms with Crippen LogP contribution in [0, 0.1) is 0 Å². The number of benzene rings is 2. The van der Waals surface area contributed by atoms with Crippen molar-refractivity contribution < 1.29 is 24.1 Å². The Hall–Kier alpha value is -3.89. The lowest BCUT2D eigenvalue weighted by atomic mass is 10.1. The van der Waals surface area contributed by atoms with Crippen molar-refractivity contribution in [2.45, 2.75) is 25.4 Å². The molecule has 1 amide bonds. The number of aliphatic hydroxyl groups is 1. The maximum atomic E-state index is 11.9. The summed E-state index contributed by atoms with van der Waals surface area (Å²) >= 11 is 0. The number of likely N-dealkylation sites (N-methyl/N-ethyl adjacent to an activating group) is 1. The smallest absolute Gasteiger partial charge is 0.222 e. The Balaban J connectivity index is 1.38. The van der Waals surface area contributed by atoms with Crippen LogP contribution in [0.3, 0.4) is 0 Å². The number of nitrogens with zero attached hydrogens (tertiary/aromatic N) is 3. The van der Waals surface area contributed by atoms with Crippen molar-refractivity contribution in [1.29, 1.82) is 0 Å². The molecule has 3 N–H and O–H groups in total. The monoisotopic (exact) mass is 533 g/mol. The lowest BCUT2D eigenvalue weighted by Crippen LogP contribution is -2.29. The molecule has 206 valence electrons. The molecular formula is C29H35N5O5. The molecule has 2 aromatic carbocycles. The first-order chi connectivity index (χ1) is 19.1. The van der Waals surface area contributed by atoms with Crippen LogP contribution in [0.25, 0.3) is 22.6 Å². The zero-order valence-electron chi connectivity index (χ0n) is 22.2. The number of ether oxygens (including phenoxy) is 3. The predicted molar refractivity (Wildman–Crippen MR) is 148 cm³/mol. The first-order valence-corrected chi connectivity index (χ1v) is 13.5. The Bertz CT molecular complexity index is 1290. The van der Waals surface area contributed by atoms with Crippen LogP contribution in [-0.4, -0.2) is 85.0 Å². The average molecular weight is 534 g/mol. The minimum Gasteiger partial charge on any atom is -0.491 e. The number of aliphatic hydroxyl groups excluding tert-OH is 1. The van der Waals surface area contributed by atoms with Gasteiger partial charge < -0.3 is 34.9 Å². The van der Waals surface area contributed by atoms with Gasteiger partial charge in [-0.25, -0.2) is 9.97 Å². The van der Waals surface area contributed by atoms with E-state index in [0.717, 1.165) is 48.5 Å². The first-order valence-electron chi connectivity index (χ1n) is 13.5. The summed E-state index contributed by atoms with van der Waals surface area (Å²) in [7, 11) is 1.79. The first kappa shape index (κ1) is 26.7. The molecule has 1 saturated heterocycles. The molecule has 3 heterocycles. The number of fused-ring (bicyclic) bond motifs is 1. The molecule has 1 aromatic heterocycles. The Labute approximate surface area is 228 Å². The number of amides is 1. The largest absolute Gasteiger partial charge is 0.491 e. The molecule has 5 rings (SSSR count). The van der Waals surface area contributed by atoms with Crippen LogP contribution in [0.1, 0.15) is 19.3 Å². The molecule has 2 aliphatic rings. The lowest BCUT2D eigenvalue weighted by Gasteiger charge is -2.19. The van der Waals surface area contributed by atoms with E-state index in [2.05, 4.69) is 10.6 Å². The SMILES string of the molecule is CNCC(O)COc1cccc(-c2nc(NCCCN3CCCC3=O)cc(-c3ccc4c(c3)OCCO4)n2)c1. The molecule has 1 fully saturated rings. The van der Waals surface area contributed by atoms with Crippen LogP contribution in [0.15, 0.2) is 48.5 Å². The van der Waals surface area contributed by atoms with Crippen molar-refractivity contribution >= 4 is 11.7 Å². The van der Waals surface area contributed by atoms with Crippen molar-refractivity contribution in [3.8, 4) is 39.9 Å². The minimum absolute atomic E-state index is 0.175. The van der Waals surface area contributed by atoms with Crippen LogP contribution in [0.2, 0.25) is 0 Å². The van der Waals surface area contributed by atoms with E-state index < -0.39 is 6.10 Å². The van der Waals surface area contributed by atoms with Crippen LogP contribution in [0.5, 0.6) is 17.2 Å². The number of anilines is 1. The standard InChI is InChI=1S/C29H35N5O5/c1-30-18-22(35)19-39-23-6-2-5-21(15-23)29-32-24(20-8-9-25-26(16-20)38-14-13-37-25)17-27(33-29)31-10-4-12-34-11-3-7-28(34)36/h2,5-6,8-9,15-17,22,30,35H,3-4,7,10-14,18-19H2,1H3,(H,31,32,33). The molecule has 10 nitrogen and oxygen atoms in total. The lowest BCUT2D eigenvalue weighted by molar-refractivity contribution is -0.127. The second-order valence-electron chi connectivity index (χ2n) is 9.64. The Morgan fingerprint density at radius 1 is 1.08 bits per heavy atom. The predicted octanol–water partition coefficient (Wildman–Crippen LogP) is 2.97. The van der Waals surface area contributed by atoms with Gasteiger partial charge in [0.2, 0.25) is 5.91 Å². The molecule has 3 aromatic rings. The topological polar surface area (TPSA) is 118 Å². The van der Waals surface area contributed by atoms with Crippen LogP contribution in [0.4, 0.5) is 5.82 Å². The number of rotatable bonds is 12. The zero-order valence-corrected chi connectivity index (χ0v) is 22.2. The third kappa shape index (κ3) is 6.96. The normalized spacial score (nSPS) is 15.3. The van der Waals surface area contributed by atoms with Gasteiger partial charge in [0.25, 0.3) is 0 Å². The second-order valence-corrected chi connectivity index (χ2v) is 9.64. The molecule has 0 bridgehead atoms. The summed E-state index contributed by atoms with van der Waals surface area (Å²) in [5.41, 5.74) is 2.42. The zero-order chi connectivity index (χ0) is 27.0. The summed E-state index contributed by atoms with van der Waals surface area (Å²) in [4.78, 5) is 23.5. The summed E-state index contributed by atoms with van der Waals surface area (Å²) in [6.45, 7) is 3.91. The molecule has 39 heavy (non-hydrogen) atoms. The fourth-order valence-corrected chi connectivity index (χ4v) is 4.66. The number of aromatic nitrogens is 2. The molecule has 1 unspecified atom stereocenters. The summed E-state index contributed by atoms with van der Waals surface area (Å²) in [6, 6.07) is 15.3. The maximum Gasteiger partial charge on any atom is 0.222 e. The molecule has 0 spiro atoms. The maximum absolute atomic E-state index is 11.9. The van der Waals surface area contributed by atoms with Crippen LogP contribution in [-0.2, 0) is 4.79 Å². The quantitative estimate of drug-likeness (QED) is 0.302. The van der Waals surface area contributed by atoms with Gasteiger partial charge in [-0.15, -0.1) is 0 Å². The van der Waals surface area contributed by atoms with Gasteiger partial charge in [0.1, 0.15) is 37.5 Å². The van der Waals surface area contributed by atoms with E-state index in [1.165, 1.54) is 0 Å². The fraction of sp³-hybridized carbons (Fsp3) is 0.414. The van der Waals surface area contributed by atoms with E-state index in [9.17, 15) is 9.90 Å². The number of likely N-dealkylation sites (tertiary alicyclic amines) is 1. The van der Waals surface area contributed by atoms with Gasteiger partial charge in [-0.1, -0.05) is 12.1 Å². The summed E-state index contributed by atoms with van der Waals surface area (Å²) < 4.78 is 17.3. The molecule has 0 aliphatic carbocycles. The highest BCUT2D eigenvalue weighted by Gasteiger charge is 2.19. The number of nitrogens with one attached hydrogen (secondary N) is 2. The summed E-state index contributed by atoms with van der Waals surface area (Å²) in [5, 5.41) is 16.4. The van der Waals surface area contributed by atoms with E-state index in [-0.39, 0.29) is 12.5 Å². The van der Waals surface area contributed by atoms with Gasteiger partial charge in [0.15, 0.2) is 17.3 Å². The molecule has 0 saturated carbocycles. The molecule has 0 radical (unpaired) electrons. The summed E-state index contributed by atoms with van der Waals surface area (Å²) in [6.07, 6.45) is 1.80. The van der Waals surface area contributed by atoms with Crippen molar-refractivity contribution in [3.05, 3.63) is 48.5 Å². The highest BCUT2D eigenvalue weighted by atomic mass is 16.6. The van der Waals surface area contributed by atoms with Gasteiger partial charge in [-0.2, -0.15) is 0 Å². The molecule has 2 aliphatic heterocycles. The van der Waals surface area contributed by atoms with Gasteiger partial charge in [0.05, 0.1) is 5.69 Å². The highest BCUT2D eigenvalue weighted by molar-refractivity contribution is 5.78. The number of hydrogen-bond acceptors (Lipinski definition) is 9. The van der Waals surface area contributed by atoms with E-state index in [1.54, 1.807) is 7.05 Å². The Kier molecular flexibility index (Phi) is 8.75. The average Bonchev–Trinajstić information content (AvgIpc) is 3.38. The van der Waals surface area contributed by atoms with Crippen molar-refractivity contribution in [2.75, 3.05) is 58.4 Å². The van der Waals surface area contributed by atoms with E-state index in [4.69, 9.17) is 24.2 Å². The third-order valence-electron chi connectivity index (χ3n) is 6.62. The fourth-order valence-electron chi connectivity index (χ4n) is 4.66. The number of carbonyl (C=O) groups is 1. The van der Waals surface area contributed by atoms with E-state index in [0.29, 0.717) is 55.9 Å². The molecule has 10 heteroatoms. The van der Waals surface area contributed by atoms with Crippen molar-refractivity contribution in [2.24, 2.45) is 0 Å². The Morgan fingerprint density at radius 3 is 2.77 bits per heavy atom. The Morgan fingerprint density at radius 2 is 1.95 bits per heavy atom. The summed E-state index contributed by atoms with van der Waals surface area (Å²) in [5.74, 6) is 3.51. The third-order valence-corrected chi connectivity index (χ3v) is 6.62. The van der Waals surface area contributed by atoms with Gasteiger partial charge in [-0.3, -0.25) is 4.79 Å². The van der Waals surface area contributed by atoms with Crippen LogP contribution >= 0.6 is 0 Å². The van der Waals surface area contributed by atoms with E-state index in [1.807, 2.05) is 53.4 Å². The molecule has 1 atom stereocenters.